The van der Waals surface area contributed by atoms with E-state index < -0.39 is 94.1 Å². The fourth-order valence-electron chi connectivity index (χ4n) is 5.60. The quantitative estimate of drug-likeness (QED) is 0.278. The zero-order chi connectivity index (χ0) is 31.8. The molecule has 4 unspecified atom stereocenters. The summed E-state index contributed by atoms with van der Waals surface area (Å²) in [7, 11) is 2.37. The van der Waals surface area contributed by atoms with Crippen LogP contribution in [-0.2, 0) is 36.7 Å². The molecule has 7 heterocycles. The lowest BCUT2D eigenvalue weighted by Crippen LogP contribution is -2.38. The molecule has 45 heavy (non-hydrogen) atoms. The molecule has 3 aromatic heterocycles. The molecule has 23 heteroatoms. The van der Waals surface area contributed by atoms with Crippen LogP contribution in [0.1, 0.15) is 28.6 Å². The van der Waals surface area contributed by atoms with E-state index in [0.29, 0.717) is 0 Å². The van der Waals surface area contributed by atoms with E-state index in [2.05, 4.69) is 19.9 Å². The van der Waals surface area contributed by atoms with Gasteiger partial charge >= 0.3 is 0 Å². The maximum atomic E-state index is 15.9. The van der Waals surface area contributed by atoms with Crippen LogP contribution in [0.4, 0.5) is 8.78 Å². The van der Waals surface area contributed by atoms with E-state index in [1.807, 2.05) is 0 Å². The number of ketones is 1. The predicted molar refractivity (Wildman–Crippen MR) is 146 cm³/mol. The number of fused-ring (bicyclic) bond motifs is 4. The minimum atomic E-state index is -4.65. The van der Waals surface area contributed by atoms with E-state index in [4.69, 9.17) is 42.7 Å². The smallest absolute Gasteiger partial charge is 0.264 e. The number of carbonyl (C=O) groups is 1. The molecule has 4 aliphatic rings. The molecule has 0 aliphatic carbocycles. The van der Waals surface area contributed by atoms with E-state index in [9.17, 15) is 28.2 Å². The number of aliphatic hydroxyl groups is 1. The Morgan fingerprint density at radius 2 is 1.67 bits per heavy atom. The van der Waals surface area contributed by atoms with Crippen LogP contribution in [-0.4, -0.2) is 113 Å². The first kappa shape index (κ1) is 30.8. The number of carbonyl (C=O) groups excluding carboxylic acids is 1. The maximum Gasteiger partial charge on any atom is 0.264 e. The van der Waals surface area contributed by atoms with Gasteiger partial charge in [0.2, 0.25) is 20.9 Å². The van der Waals surface area contributed by atoms with E-state index in [1.54, 1.807) is 0 Å². The second-order valence-corrected chi connectivity index (χ2v) is 13.6. The summed E-state index contributed by atoms with van der Waals surface area (Å²) in [6.45, 7) is -1.62. The van der Waals surface area contributed by atoms with E-state index in [1.165, 1.54) is 17.1 Å². The largest absolute Gasteiger partial charge is 0.386 e. The number of Topliss-reactive ketones (excluding diaryl/α,β-unsaturated/α-hetero) is 1. The molecule has 3 fully saturated rings. The monoisotopic (exact) mass is 666 g/mol. The number of imidazole rings is 1. The number of rotatable bonds is 2. The van der Waals surface area contributed by atoms with Crippen molar-refractivity contribution in [1.29, 1.82) is 0 Å². The van der Waals surface area contributed by atoms with Crippen LogP contribution in [0, 0.1) is 5.82 Å². The first-order chi connectivity index (χ1) is 21.3. The van der Waals surface area contributed by atoms with Crippen molar-refractivity contribution in [2.75, 3.05) is 19.8 Å². The van der Waals surface area contributed by atoms with Crippen molar-refractivity contribution >= 4 is 53.1 Å². The average molecular weight is 666 g/mol. The molecular weight excluding hydrogens is 646 g/mol. The maximum absolute atomic E-state index is 15.9. The summed E-state index contributed by atoms with van der Waals surface area (Å²) in [6, 6.07) is 0. The second-order valence-electron chi connectivity index (χ2n) is 10.5. The molecule has 3 saturated heterocycles. The van der Waals surface area contributed by atoms with Crippen molar-refractivity contribution in [1.82, 2.24) is 24.1 Å². The van der Waals surface area contributed by atoms with Gasteiger partial charge in [-0.25, -0.2) is 18.7 Å². The summed E-state index contributed by atoms with van der Waals surface area (Å²) in [5.74, 6) is -1.39. The van der Waals surface area contributed by atoms with Crippen LogP contribution < -0.4 is 5.56 Å². The van der Waals surface area contributed by atoms with Crippen molar-refractivity contribution < 1.29 is 55.4 Å². The number of hydrogen-bond donors (Lipinski definition) is 2. The van der Waals surface area contributed by atoms with Gasteiger partial charge in [0.25, 0.3) is 20.5 Å². The summed E-state index contributed by atoms with van der Waals surface area (Å²) in [5, 5.41) is 10.7. The normalized spacial score (nSPS) is 38.8. The molecule has 0 amide bonds. The minimum absolute atomic E-state index is 0.0837. The Morgan fingerprint density at radius 1 is 1.00 bits per heavy atom. The van der Waals surface area contributed by atoms with E-state index in [0.717, 1.165) is 17.1 Å². The summed E-state index contributed by atoms with van der Waals surface area (Å²) in [4.78, 5) is 38.4. The van der Waals surface area contributed by atoms with Crippen molar-refractivity contribution in [3.63, 3.8) is 0 Å². The van der Waals surface area contributed by atoms with Crippen LogP contribution in [0.15, 0.2) is 28.6 Å². The highest BCUT2D eigenvalue weighted by Crippen LogP contribution is 2.53. The Bertz CT molecular complexity index is 1870. The lowest BCUT2D eigenvalue weighted by Gasteiger charge is -2.30. The molecule has 0 saturated carbocycles. The third kappa shape index (κ3) is 5.39. The molecule has 3 aromatic rings. The number of alkyl halides is 1. The number of H-pyrrole nitrogens is 1. The highest BCUT2D eigenvalue weighted by atomic mass is 31.2. The molecule has 17 nitrogen and oxygen atoms in total. The fraction of sp³-hybridized carbons (Fsp3) is 0.500. The molecule has 10 atom stereocenters. The zero-order valence-corrected chi connectivity index (χ0v) is 24.4. The molecule has 0 spiro atoms. The molecular formula is C22H20B2F2N6O11P2. The zero-order valence-electron chi connectivity index (χ0n) is 22.6. The van der Waals surface area contributed by atoms with Gasteiger partial charge in [0.05, 0.1) is 31.6 Å². The van der Waals surface area contributed by atoms with Crippen molar-refractivity contribution in [2.24, 2.45) is 4.99 Å². The van der Waals surface area contributed by atoms with Crippen LogP contribution >= 0.6 is 14.9 Å². The van der Waals surface area contributed by atoms with Crippen molar-refractivity contribution in [2.45, 2.75) is 49.1 Å². The first-order valence-corrected chi connectivity index (χ1v) is 16.5. The lowest BCUT2D eigenvalue weighted by atomic mass is 10.1. The van der Waals surface area contributed by atoms with Crippen molar-refractivity contribution in [3.8, 4) is 0 Å². The number of hydrogen-bond acceptors (Lipinski definition) is 14. The molecule has 0 aromatic carbocycles. The number of ether oxygens (including phenoxy) is 2. The third-order valence-corrected chi connectivity index (χ3v) is 9.71. The van der Waals surface area contributed by atoms with Crippen LogP contribution in [0.3, 0.4) is 0 Å². The lowest BCUT2D eigenvalue weighted by molar-refractivity contribution is -0.0568. The van der Waals surface area contributed by atoms with Gasteiger partial charge in [-0.05, 0) is 0 Å². The van der Waals surface area contributed by atoms with Gasteiger partial charge in [-0.3, -0.25) is 32.8 Å². The van der Waals surface area contributed by atoms with Gasteiger partial charge in [-0.2, -0.15) is 0 Å². The molecule has 4 aliphatic heterocycles. The Morgan fingerprint density at radius 3 is 2.40 bits per heavy atom. The van der Waals surface area contributed by atoms with Crippen LogP contribution in [0.2, 0.25) is 0 Å². The van der Waals surface area contributed by atoms with Gasteiger partial charge < -0.3 is 37.7 Å². The number of aliphatic imine (C=N–C) groups is 1. The Labute approximate surface area is 253 Å². The van der Waals surface area contributed by atoms with Gasteiger partial charge in [0.15, 0.2) is 30.1 Å². The number of nitrogens with zero attached hydrogens (tertiary/aromatic N) is 5. The van der Waals surface area contributed by atoms with Crippen LogP contribution in [0.25, 0.3) is 11.0 Å². The van der Waals surface area contributed by atoms with E-state index in [-0.39, 0.29) is 29.4 Å². The molecule has 2 N–H and O–H groups in total. The number of nitrogens with one attached hydrogen (secondary N) is 1. The Balaban J connectivity index is 1.17. The fourth-order valence-corrected chi connectivity index (χ4v) is 7.62. The summed E-state index contributed by atoms with van der Waals surface area (Å²) in [5.41, 5.74) is -0.799. The van der Waals surface area contributed by atoms with Crippen LogP contribution in [0.5, 0.6) is 0 Å². The average Bonchev–Trinajstić information content (AvgIpc) is 3.71. The highest BCUT2D eigenvalue weighted by molar-refractivity contribution is 7.79. The summed E-state index contributed by atoms with van der Waals surface area (Å²) in [6.07, 6.45) is -8.81. The van der Waals surface area contributed by atoms with Gasteiger partial charge in [0.1, 0.15) is 48.1 Å². The topological polar surface area (TPSA) is 208 Å². The SMILES string of the molecule is [B]P1(=O)OC[C@H]2O[C@@H](n3cc(F)c4c(=O)[nH]cnc43)C(F)[C@H]2OP([B])(=O)OC[C@H]2O[C@@H](n3cnc4c3C=NCC4=O)[C@@H](O)C2O1. The number of aromatic nitrogens is 5. The minimum Gasteiger partial charge on any atom is -0.386 e. The first-order valence-electron chi connectivity index (χ1n) is 13.2. The summed E-state index contributed by atoms with van der Waals surface area (Å²) < 4.78 is 92.1. The Kier molecular flexibility index (Phi) is 7.62. The molecule has 0 bridgehead atoms. The molecule has 234 valence electrons. The number of aliphatic hydroxyl groups excluding tert-OH is 1. The Hall–Kier alpha value is -2.86. The van der Waals surface area contributed by atoms with E-state index >= 15 is 4.39 Å². The van der Waals surface area contributed by atoms with Gasteiger partial charge in [-0.15, -0.1) is 0 Å². The van der Waals surface area contributed by atoms with Gasteiger partial charge in [-0.1, -0.05) is 0 Å². The third-order valence-electron chi connectivity index (χ3n) is 7.61. The highest BCUT2D eigenvalue weighted by Gasteiger charge is 2.53. The molecule has 4 radical (unpaired) electrons. The standard InChI is InChI=1S/C22H20B2F2N6O11P2/c23-44(36)39-5-12-18(16(34)22(41-12)32-7-30-15-9(32)1-27-2-10(15)33)43-45(24,37)38-4-11-17(42-44)14(26)21(40-11)31-3-8(25)13-19(31)28-6-29-20(13)35/h1,3,6-7,11-12,14,16-18,21-22,34H,2,4-5H2,(H,28,29,35)/t11-,12-,14?,16+,17+,18?,21-,22-,44?,45?/m1/s1. The van der Waals surface area contributed by atoms with Crippen molar-refractivity contribution in [3.05, 3.63) is 46.4 Å². The molecule has 7 rings (SSSR count). The second kappa shape index (κ2) is 11.1. The summed E-state index contributed by atoms with van der Waals surface area (Å²) >= 11 is 0. The van der Waals surface area contributed by atoms with Gasteiger partial charge in [0, 0.05) is 12.4 Å². The number of aromatic amines is 1. The predicted octanol–water partition coefficient (Wildman–Crippen LogP) is 0.240. The number of halogens is 2.